The maximum absolute atomic E-state index is 5.56. The molecule has 0 saturated heterocycles. The summed E-state index contributed by atoms with van der Waals surface area (Å²) in [6, 6.07) is 0. The lowest BCUT2D eigenvalue weighted by atomic mass is 10.4. The van der Waals surface area contributed by atoms with Gasteiger partial charge in [0.05, 0.1) is 0 Å². The van der Waals surface area contributed by atoms with Gasteiger partial charge in [-0.15, -0.1) is 0 Å². The van der Waals surface area contributed by atoms with Crippen LogP contribution in [0, 0.1) is 10.3 Å². The van der Waals surface area contributed by atoms with E-state index >= 15 is 0 Å². The smallest absolute Gasteiger partial charge is 0.0185 e. The topological polar surface area (TPSA) is 47.7 Å². The van der Waals surface area contributed by atoms with Crippen molar-refractivity contribution in [3.63, 3.8) is 0 Å². The summed E-state index contributed by atoms with van der Waals surface area (Å²) in [4.78, 5) is 0. The molecule has 2 N–H and O–H groups in total. The molecular weight excluding hydrogens is 234 g/mol. The highest BCUT2D eigenvalue weighted by Gasteiger charge is 1.95. The zero-order valence-corrected chi connectivity index (χ0v) is 11.1. The van der Waals surface area contributed by atoms with E-state index in [9.17, 15) is 0 Å². The average molecular weight is 266 g/mol. The van der Waals surface area contributed by atoms with E-state index in [1.54, 1.807) is 0 Å². The molecule has 2 saturated carbocycles. The zero-order chi connectivity index (χ0) is 11.1. The highest BCUT2D eigenvalue weighted by Crippen LogP contribution is 2.15. The molecule has 2 aliphatic carbocycles. The van der Waals surface area contributed by atoms with Crippen LogP contribution in [-0.4, -0.2) is 0 Å². The Bertz CT molecular complexity index is 67.8. The van der Waals surface area contributed by atoms with Gasteiger partial charge in [0.15, 0.2) is 0 Å². The standard InChI is InChI=1S/2C5H10.2CH4.2H2NP/c2*1-2-4-5-3-1;;;2*1-2/h2*1-5H2;2*1H4;2*1-2H. The fourth-order valence-corrected chi connectivity index (χ4v) is 1.77. The van der Waals surface area contributed by atoms with E-state index in [0.717, 1.165) is 0 Å². The van der Waals surface area contributed by atoms with Crippen LogP contribution in [0.15, 0.2) is 0 Å². The van der Waals surface area contributed by atoms with Crippen LogP contribution in [0.2, 0.25) is 0 Å². The SMILES string of the molecule is C.C.C1CCCC1.C1CCCC1.N=P.N=P. The second-order valence-electron chi connectivity index (χ2n) is 3.54. The van der Waals surface area contributed by atoms with Crippen LogP contribution >= 0.6 is 18.1 Å². The second kappa shape index (κ2) is 29.5. The Morgan fingerprint density at radius 1 is 0.375 bits per heavy atom. The lowest BCUT2D eigenvalue weighted by Gasteiger charge is -1.67. The molecule has 0 atom stereocenters. The monoisotopic (exact) mass is 266 g/mol. The van der Waals surface area contributed by atoms with Gasteiger partial charge in [-0.05, 0) is 18.1 Å². The summed E-state index contributed by atoms with van der Waals surface area (Å²) >= 11 is 0. The summed E-state index contributed by atoms with van der Waals surface area (Å²) in [7, 11) is 4.44. The molecule has 0 unspecified atom stereocenters. The minimum atomic E-state index is 0. The fourth-order valence-electron chi connectivity index (χ4n) is 1.77. The number of hydrogen-bond acceptors (Lipinski definition) is 2. The van der Waals surface area contributed by atoms with E-state index in [4.69, 9.17) is 10.3 Å². The first-order valence-electron chi connectivity index (χ1n) is 5.50. The number of hydrogen-bond donors (Lipinski definition) is 2. The van der Waals surface area contributed by atoms with Gasteiger partial charge in [-0.1, -0.05) is 79.1 Å². The van der Waals surface area contributed by atoms with E-state index in [2.05, 4.69) is 18.1 Å². The van der Waals surface area contributed by atoms with Crippen molar-refractivity contribution in [2.75, 3.05) is 0 Å². The summed E-state index contributed by atoms with van der Waals surface area (Å²) in [6.45, 7) is 0. The van der Waals surface area contributed by atoms with Gasteiger partial charge in [0, 0.05) is 0 Å². The van der Waals surface area contributed by atoms with Crippen LogP contribution in [0.4, 0.5) is 0 Å². The van der Waals surface area contributed by atoms with Gasteiger partial charge >= 0.3 is 0 Å². The number of nitrogens with one attached hydrogen (secondary N) is 2. The third-order valence-electron chi connectivity index (χ3n) is 2.50. The highest BCUT2D eigenvalue weighted by atomic mass is 31.0. The molecule has 0 aromatic heterocycles. The molecule has 4 heteroatoms. The van der Waals surface area contributed by atoms with Crippen molar-refractivity contribution in [3.8, 4) is 0 Å². The summed E-state index contributed by atoms with van der Waals surface area (Å²) in [6.07, 6.45) is 15.0. The van der Waals surface area contributed by atoms with Gasteiger partial charge in [-0.25, -0.2) is 0 Å². The Labute approximate surface area is 108 Å². The van der Waals surface area contributed by atoms with Gasteiger partial charge < -0.3 is 0 Å². The lowest BCUT2D eigenvalue weighted by molar-refractivity contribution is 0.886. The van der Waals surface area contributed by atoms with Crippen LogP contribution < -0.4 is 0 Å². The summed E-state index contributed by atoms with van der Waals surface area (Å²) in [5, 5.41) is 11.1. The maximum atomic E-state index is 5.56. The molecule has 0 aliphatic heterocycles. The minimum absolute atomic E-state index is 0. The quantitative estimate of drug-likeness (QED) is 0.445. The van der Waals surface area contributed by atoms with Gasteiger partial charge in [-0.3, -0.25) is 10.3 Å². The van der Waals surface area contributed by atoms with Crippen LogP contribution in [0.1, 0.15) is 79.1 Å². The van der Waals surface area contributed by atoms with E-state index < -0.39 is 0 Å². The average Bonchev–Trinajstić information content (AvgIpc) is 3.01. The van der Waals surface area contributed by atoms with E-state index in [1.165, 1.54) is 64.2 Å². The summed E-state index contributed by atoms with van der Waals surface area (Å²) in [5.74, 6) is 0. The van der Waals surface area contributed by atoms with E-state index in [0.29, 0.717) is 0 Å². The van der Waals surface area contributed by atoms with Gasteiger partial charge in [0.1, 0.15) is 0 Å². The zero-order valence-electron chi connectivity index (χ0n) is 9.07. The largest absolute Gasteiger partial charge is 0.287 e. The first kappa shape index (κ1) is 25.1. The Balaban J connectivity index is -0.0000000631. The molecule has 0 bridgehead atoms. The molecule has 0 heterocycles. The predicted octanol–water partition coefficient (Wildman–Crippen LogP) is 6.96. The van der Waals surface area contributed by atoms with Crippen molar-refractivity contribution in [1.82, 2.24) is 0 Å². The van der Waals surface area contributed by atoms with E-state index in [-0.39, 0.29) is 14.9 Å². The van der Waals surface area contributed by atoms with Crippen molar-refractivity contribution < 1.29 is 0 Å². The predicted molar refractivity (Wildman–Crippen MR) is 81.7 cm³/mol. The Kier molecular flexibility index (Phi) is 46.3. The molecule has 2 nitrogen and oxygen atoms in total. The molecule has 0 spiro atoms. The van der Waals surface area contributed by atoms with E-state index in [1.807, 2.05) is 0 Å². The van der Waals surface area contributed by atoms with Crippen molar-refractivity contribution in [2.24, 2.45) is 0 Å². The molecule has 100 valence electrons. The Morgan fingerprint density at radius 3 is 0.500 bits per heavy atom. The second-order valence-corrected chi connectivity index (χ2v) is 3.54. The van der Waals surface area contributed by atoms with Crippen molar-refractivity contribution in [3.05, 3.63) is 0 Å². The molecule has 2 fully saturated rings. The molecule has 0 aromatic rings. The van der Waals surface area contributed by atoms with Crippen LogP contribution in [0.25, 0.3) is 0 Å². The Hall–Kier alpha value is 0.200. The molecule has 2 rings (SSSR count). The third kappa shape index (κ3) is 23.8. The number of rotatable bonds is 0. The molecular formula is C12H32N2P2. The first-order valence-corrected chi connectivity index (χ1v) is 6.50. The van der Waals surface area contributed by atoms with Crippen LogP contribution in [0.3, 0.4) is 0 Å². The molecule has 0 amide bonds. The molecule has 0 aromatic carbocycles. The fraction of sp³-hybridized carbons (Fsp3) is 1.00. The normalized spacial score (nSPS) is 15.5. The minimum Gasteiger partial charge on any atom is -0.287 e. The lowest BCUT2D eigenvalue weighted by Crippen LogP contribution is -1.47. The van der Waals surface area contributed by atoms with Gasteiger partial charge in [0.2, 0.25) is 0 Å². The first-order chi connectivity index (χ1) is 7.00. The highest BCUT2D eigenvalue weighted by molar-refractivity contribution is 7.02. The van der Waals surface area contributed by atoms with Crippen molar-refractivity contribution >= 4 is 18.1 Å². The summed E-state index contributed by atoms with van der Waals surface area (Å²) < 4.78 is 0. The maximum Gasteiger partial charge on any atom is -0.0185 e. The van der Waals surface area contributed by atoms with Gasteiger partial charge in [-0.2, -0.15) is 0 Å². The van der Waals surface area contributed by atoms with Crippen LogP contribution in [-0.2, 0) is 0 Å². The molecule has 2 aliphatic rings. The van der Waals surface area contributed by atoms with Gasteiger partial charge in [0.25, 0.3) is 0 Å². The third-order valence-corrected chi connectivity index (χ3v) is 2.50. The van der Waals surface area contributed by atoms with Crippen LogP contribution in [0.5, 0.6) is 0 Å². The molecule has 16 heavy (non-hydrogen) atoms. The molecule has 0 radical (unpaired) electrons. The Morgan fingerprint density at radius 2 is 0.438 bits per heavy atom. The van der Waals surface area contributed by atoms with Crippen molar-refractivity contribution in [1.29, 1.82) is 10.3 Å². The van der Waals surface area contributed by atoms with Crippen molar-refractivity contribution in [2.45, 2.75) is 79.1 Å². The summed E-state index contributed by atoms with van der Waals surface area (Å²) in [5.41, 5.74) is 0.